The Morgan fingerprint density at radius 3 is 2.42 bits per heavy atom. The highest BCUT2D eigenvalue weighted by Gasteiger charge is 2.22. The van der Waals surface area contributed by atoms with E-state index in [-0.39, 0.29) is 18.1 Å². The maximum Gasteiger partial charge on any atom is 0.319 e. The van der Waals surface area contributed by atoms with Crippen LogP contribution in [0.4, 0.5) is 15.3 Å². The molecule has 1 aliphatic carbocycles. The van der Waals surface area contributed by atoms with Crippen LogP contribution in [0.1, 0.15) is 50.6 Å². The molecule has 0 unspecified atom stereocenters. The number of likely N-dealkylation sites (tertiary alicyclic amines) is 1. The highest BCUT2D eigenvalue weighted by atomic mass is 16.2. The van der Waals surface area contributed by atoms with Gasteiger partial charge in [0.15, 0.2) is 0 Å². The van der Waals surface area contributed by atoms with Crippen LogP contribution in [-0.4, -0.2) is 60.2 Å². The number of carbonyl (C=O) groups is 2. The van der Waals surface area contributed by atoms with Crippen LogP contribution < -0.4 is 21.3 Å². The molecule has 1 aromatic carbocycles. The number of para-hydroxylation sites is 1. The fraction of sp³-hybridized carbons (Fsp3) is 0.560. The van der Waals surface area contributed by atoms with Crippen LogP contribution in [0.3, 0.4) is 0 Å². The van der Waals surface area contributed by atoms with Crippen LogP contribution >= 0.6 is 0 Å². The zero-order valence-corrected chi connectivity index (χ0v) is 19.5. The first-order valence-electron chi connectivity index (χ1n) is 12.3. The van der Waals surface area contributed by atoms with E-state index in [9.17, 15) is 9.59 Å². The summed E-state index contributed by atoms with van der Waals surface area (Å²) in [5.74, 6) is 0. The molecule has 4 amide bonds. The van der Waals surface area contributed by atoms with E-state index in [1.165, 1.54) is 19.3 Å². The second-order valence-electron chi connectivity index (χ2n) is 9.28. The van der Waals surface area contributed by atoms with Gasteiger partial charge in [-0.1, -0.05) is 37.5 Å². The molecule has 8 nitrogen and oxygen atoms in total. The molecule has 1 aromatic heterocycles. The number of rotatable bonds is 6. The van der Waals surface area contributed by atoms with Gasteiger partial charge in [-0.05, 0) is 44.7 Å². The van der Waals surface area contributed by atoms with Gasteiger partial charge in [0.1, 0.15) is 0 Å². The van der Waals surface area contributed by atoms with Crippen molar-refractivity contribution in [3.8, 4) is 0 Å². The number of hydrogen-bond donors (Lipinski definition) is 4. The Morgan fingerprint density at radius 1 is 0.970 bits per heavy atom. The van der Waals surface area contributed by atoms with Gasteiger partial charge < -0.3 is 26.2 Å². The molecule has 4 N–H and O–H groups in total. The summed E-state index contributed by atoms with van der Waals surface area (Å²) >= 11 is 0. The summed E-state index contributed by atoms with van der Waals surface area (Å²) in [5.41, 5.74) is 2.51. The Hall–Kier alpha value is -2.87. The number of pyridine rings is 1. The molecular weight excluding hydrogens is 416 g/mol. The molecular formula is C25H36N6O2. The van der Waals surface area contributed by atoms with E-state index in [0.29, 0.717) is 12.6 Å². The number of urea groups is 2. The van der Waals surface area contributed by atoms with E-state index >= 15 is 0 Å². The largest absolute Gasteiger partial charge is 0.337 e. The Kier molecular flexibility index (Phi) is 7.99. The van der Waals surface area contributed by atoms with Gasteiger partial charge in [0.2, 0.25) is 0 Å². The molecule has 0 spiro atoms. The number of benzene rings is 1. The molecule has 33 heavy (non-hydrogen) atoms. The molecule has 0 bridgehead atoms. The van der Waals surface area contributed by atoms with Gasteiger partial charge in [-0.25, -0.2) is 9.59 Å². The van der Waals surface area contributed by atoms with E-state index in [1.54, 1.807) is 0 Å². The van der Waals surface area contributed by atoms with Gasteiger partial charge in [-0.3, -0.25) is 4.98 Å². The third-order valence-corrected chi connectivity index (χ3v) is 6.67. The van der Waals surface area contributed by atoms with Crippen molar-refractivity contribution in [3.05, 3.63) is 36.0 Å². The molecule has 2 fully saturated rings. The number of fused-ring (bicyclic) bond motifs is 1. The van der Waals surface area contributed by atoms with Crippen LogP contribution in [-0.2, 0) is 0 Å². The number of nitrogens with zero attached hydrogens (tertiary/aromatic N) is 2. The second kappa shape index (κ2) is 11.3. The van der Waals surface area contributed by atoms with Crippen molar-refractivity contribution >= 4 is 28.7 Å². The fourth-order valence-corrected chi connectivity index (χ4v) is 4.87. The summed E-state index contributed by atoms with van der Waals surface area (Å²) in [6.45, 7) is 5.14. The molecule has 2 aromatic rings. The van der Waals surface area contributed by atoms with E-state index in [1.807, 2.05) is 37.3 Å². The highest BCUT2D eigenvalue weighted by Crippen LogP contribution is 2.22. The zero-order chi connectivity index (χ0) is 23.0. The molecule has 1 saturated heterocycles. The third kappa shape index (κ3) is 6.81. The van der Waals surface area contributed by atoms with Crippen LogP contribution in [0, 0.1) is 6.92 Å². The molecule has 2 aliphatic rings. The minimum Gasteiger partial charge on any atom is -0.337 e. The van der Waals surface area contributed by atoms with Crippen molar-refractivity contribution in [2.45, 2.75) is 64.0 Å². The molecule has 1 saturated carbocycles. The molecule has 178 valence electrons. The van der Waals surface area contributed by atoms with Crippen molar-refractivity contribution in [1.82, 2.24) is 25.8 Å². The lowest BCUT2D eigenvalue weighted by Crippen LogP contribution is -2.51. The maximum absolute atomic E-state index is 12.4. The molecule has 1 aliphatic heterocycles. The first-order valence-corrected chi connectivity index (χ1v) is 12.3. The van der Waals surface area contributed by atoms with E-state index < -0.39 is 0 Å². The van der Waals surface area contributed by atoms with Crippen LogP contribution in [0.5, 0.6) is 0 Å². The lowest BCUT2D eigenvalue weighted by atomic mass is 9.96. The van der Waals surface area contributed by atoms with Gasteiger partial charge in [-0.2, -0.15) is 0 Å². The number of nitrogens with one attached hydrogen (secondary N) is 4. The summed E-state index contributed by atoms with van der Waals surface area (Å²) in [6.07, 6.45) is 7.80. The van der Waals surface area contributed by atoms with Crippen LogP contribution in [0.2, 0.25) is 0 Å². The average Bonchev–Trinajstić information content (AvgIpc) is 2.81. The van der Waals surface area contributed by atoms with Gasteiger partial charge >= 0.3 is 12.1 Å². The minimum atomic E-state index is -0.207. The molecule has 4 rings (SSSR count). The third-order valence-electron chi connectivity index (χ3n) is 6.67. The predicted octanol–water partition coefficient (Wildman–Crippen LogP) is 3.76. The lowest BCUT2D eigenvalue weighted by Gasteiger charge is -2.33. The summed E-state index contributed by atoms with van der Waals surface area (Å²) in [4.78, 5) is 31.5. The van der Waals surface area contributed by atoms with Crippen molar-refractivity contribution in [3.63, 3.8) is 0 Å². The fourth-order valence-electron chi connectivity index (χ4n) is 4.87. The Morgan fingerprint density at radius 2 is 1.67 bits per heavy atom. The predicted molar refractivity (Wildman–Crippen MR) is 132 cm³/mol. The molecule has 0 atom stereocenters. The molecule has 0 radical (unpaired) electrons. The van der Waals surface area contributed by atoms with E-state index in [4.69, 9.17) is 0 Å². The maximum atomic E-state index is 12.4. The molecule has 8 heteroatoms. The van der Waals surface area contributed by atoms with Crippen molar-refractivity contribution < 1.29 is 9.59 Å². The average molecular weight is 453 g/mol. The van der Waals surface area contributed by atoms with Crippen molar-refractivity contribution in [2.24, 2.45) is 0 Å². The summed E-state index contributed by atoms with van der Waals surface area (Å²) < 4.78 is 0. The first kappa shape index (κ1) is 23.3. The van der Waals surface area contributed by atoms with Crippen LogP contribution in [0.15, 0.2) is 30.3 Å². The van der Waals surface area contributed by atoms with E-state index in [2.05, 4.69) is 31.2 Å². The number of anilines is 1. The monoisotopic (exact) mass is 452 g/mol. The summed E-state index contributed by atoms with van der Waals surface area (Å²) in [6, 6.07) is 10.0. The smallest absolute Gasteiger partial charge is 0.319 e. The van der Waals surface area contributed by atoms with Gasteiger partial charge in [-0.15, -0.1) is 0 Å². The van der Waals surface area contributed by atoms with Gasteiger partial charge in [0.05, 0.1) is 11.2 Å². The number of aromatic nitrogens is 1. The number of carbonyl (C=O) groups excluding carboxylic acids is 2. The normalized spacial score (nSPS) is 18.1. The summed E-state index contributed by atoms with van der Waals surface area (Å²) in [5, 5.41) is 13.1. The Balaban J connectivity index is 1.14. The first-order chi connectivity index (χ1) is 16.1. The number of hydrogen-bond acceptors (Lipinski definition) is 4. The van der Waals surface area contributed by atoms with Crippen molar-refractivity contribution in [1.29, 1.82) is 0 Å². The summed E-state index contributed by atoms with van der Waals surface area (Å²) in [7, 11) is 0. The number of aryl methyl sites for hydroxylation is 1. The van der Waals surface area contributed by atoms with Crippen LogP contribution in [0.25, 0.3) is 10.9 Å². The quantitative estimate of drug-likeness (QED) is 0.536. The zero-order valence-electron chi connectivity index (χ0n) is 19.5. The second-order valence-corrected chi connectivity index (χ2v) is 9.28. The number of amides is 4. The highest BCUT2D eigenvalue weighted by molar-refractivity contribution is 6.00. The standard InChI is InChI=1S/C25H36N6O2/c1-18-17-23(21-9-5-6-10-22(21)27-18)30-24(32)26-13-16-31-14-11-20(12-15-31)29-25(33)28-19-7-3-2-4-8-19/h5-6,9-10,17,19-20H,2-4,7-8,11-16H2,1H3,(H2,28,29,33)(H2,26,27,30,32). The minimum absolute atomic E-state index is 0.0161. The SMILES string of the molecule is Cc1cc(NC(=O)NCCN2CCC(NC(=O)NC3CCCCC3)CC2)c2ccccc2n1. The lowest BCUT2D eigenvalue weighted by molar-refractivity contribution is 0.190. The molecule has 2 heterocycles. The topological polar surface area (TPSA) is 98.4 Å². The van der Waals surface area contributed by atoms with Gasteiger partial charge in [0, 0.05) is 49.3 Å². The van der Waals surface area contributed by atoms with Gasteiger partial charge in [0.25, 0.3) is 0 Å². The Labute approximate surface area is 195 Å². The Bertz CT molecular complexity index is 951. The van der Waals surface area contributed by atoms with Crippen molar-refractivity contribution in [2.75, 3.05) is 31.5 Å². The van der Waals surface area contributed by atoms with E-state index in [0.717, 1.165) is 67.6 Å². The number of piperidine rings is 1.